The van der Waals surface area contributed by atoms with Gasteiger partial charge in [-0.1, -0.05) is 23.2 Å². The lowest BCUT2D eigenvalue weighted by Crippen LogP contribution is -1.90. The molecule has 19 heavy (non-hydrogen) atoms. The maximum atomic E-state index is 8.43. The number of thiazole rings is 1. The summed E-state index contributed by atoms with van der Waals surface area (Å²) in [6, 6.07) is 5.23. The summed E-state index contributed by atoms with van der Waals surface area (Å²) in [5.41, 5.74) is 1.65. The molecule has 1 aromatic carbocycles. The molecule has 0 amide bonds. The van der Waals surface area contributed by atoms with Gasteiger partial charge in [0.25, 0.3) is 0 Å². The van der Waals surface area contributed by atoms with E-state index in [0.717, 1.165) is 21.4 Å². The quantitative estimate of drug-likeness (QED) is 0.496. The first-order valence-electron chi connectivity index (χ1n) is 5.44. The fraction of sp³-hybridized carbons (Fsp3) is 0.167. The Morgan fingerprint density at radius 3 is 2.95 bits per heavy atom. The van der Waals surface area contributed by atoms with Crippen molar-refractivity contribution in [3.63, 3.8) is 0 Å². The van der Waals surface area contributed by atoms with Crippen LogP contribution in [0.4, 0.5) is 10.8 Å². The maximum Gasteiger partial charge on any atom is 0.187 e. The largest absolute Gasteiger partial charge is 0.411 e. The Labute approximate surface area is 124 Å². The number of aryl methyl sites for hydroxylation is 1. The van der Waals surface area contributed by atoms with E-state index in [1.54, 1.807) is 18.2 Å². The van der Waals surface area contributed by atoms with E-state index in [1.165, 1.54) is 17.6 Å². The summed E-state index contributed by atoms with van der Waals surface area (Å²) in [6.07, 6.45) is 1.98. The van der Waals surface area contributed by atoms with Crippen molar-refractivity contribution in [2.75, 3.05) is 5.32 Å². The summed E-state index contributed by atoms with van der Waals surface area (Å²) in [7, 11) is 0. The molecule has 0 atom stereocenters. The second-order valence-corrected chi connectivity index (χ2v) is 5.71. The lowest BCUT2D eigenvalue weighted by molar-refractivity contribution is 0.321. The van der Waals surface area contributed by atoms with E-state index < -0.39 is 0 Å². The number of hydrogen-bond donors (Lipinski definition) is 2. The van der Waals surface area contributed by atoms with Gasteiger partial charge >= 0.3 is 0 Å². The smallest absolute Gasteiger partial charge is 0.187 e. The summed E-state index contributed by atoms with van der Waals surface area (Å²) in [6.45, 7) is 1.91. The van der Waals surface area contributed by atoms with Crippen LogP contribution in [-0.4, -0.2) is 16.4 Å². The van der Waals surface area contributed by atoms with Crippen LogP contribution >= 0.6 is 34.5 Å². The van der Waals surface area contributed by atoms with Crippen LogP contribution in [0, 0.1) is 6.92 Å². The van der Waals surface area contributed by atoms with Crippen molar-refractivity contribution in [3.05, 3.63) is 38.8 Å². The van der Waals surface area contributed by atoms with Crippen LogP contribution in [0.25, 0.3) is 0 Å². The third kappa shape index (κ3) is 3.59. The number of aromatic nitrogens is 1. The first-order valence-corrected chi connectivity index (χ1v) is 7.01. The van der Waals surface area contributed by atoms with E-state index in [9.17, 15) is 0 Å². The zero-order valence-corrected chi connectivity index (χ0v) is 12.4. The van der Waals surface area contributed by atoms with Crippen LogP contribution in [0.15, 0.2) is 23.4 Å². The molecule has 4 nitrogen and oxygen atoms in total. The van der Waals surface area contributed by atoms with Gasteiger partial charge in [-0.3, -0.25) is 0 Å². The van der Waals surface area contributed by atoms with Gasteiger partial charge in [0.1, 0.15) is 0 Å². The minimum absolute atomic E-state index is 0.541. The molecule has 2 N–H and O–H groups in total. The monoisotopic (exact) mass is 315 g/mol. The molecule has 0 aliphatic heterocycles. The van der Waals surface area contributed by atoms with Gasteiger partial charge in [-0.15, -0.1) is 16.5 Å². The third-order valence-electron chi connectivity index (χ3n) is 2.42. The van der Waals surface area contributed by atoms with Crippen molar-refractivity contribution in [2.45, 2.75) is 13.3 Å². The van der Waals surface area contributed by atoms with Gasteiger partial charge < -0.3 is 10.5 Å². The Hall–Kier alpha value is -1.30. The van der Waals surface area contributed by atoms with Crippen molar-refractivity contribution in [3.8, 4) is 0 Å². The van der Waals surface area contributed by atoms with Crippen LogP contribution in [0.5, 0.6) is 0 Å². The average molecular weight is 316 g/mol. The van der Waals surface area contributed by atoms with Crippen LogP contribution in [0.3, 0.4) is 0 Å². The van der Waals surface area contributed by atoms with E-state index in [0.29, 0.717) is 16.5 Å². The summed E-state index contributed by atoms with van der Waals surface area (Å²) in [4.78, 5) is 5.43. The molecule has 0 saturated heterocycles. The Morgan fingerprint density at radius 2 is 2.26 bits per heavy atom. The SMILES string of the molecule is Cc1nc(Nc2ccc(Cl)cc2Cl)sc1C/C=N\O. The Kier molecular flexibility index (Phi) is 4.63. The number of halogens is 2. The summed E-state index contributed by atoms with van der Waals surface area (Å²) in [5, 5.41) is 16.4. The van der Waals surface area contributed by atoms with Gasteiger partial charge in [0.2, 0.25) is 0 Å². The van der Waals surface area contributed by atoms with Crippen LogP contribution in [0.2, 0.25) is 10.0 Å². The van der Waals surface area contributed by atoms with E-state index >= 15 is 0 Å². The molecule has 100 valence electrons. The van der Waals surface area contributed by atoms with Crippen LogP contribution in [-0.2, 0) is 6.42 Å². The number of nitrogens with zero attached hydrogens (tertiary/aromatic N) is 2. The topological polar surface area (TPSA) is 57.5 Å². The molecule has 0 radical (unpaired) electrons. The van der Waals surface area contributed by atoms with Gasteiger partial charge in [0, 0.05) is 22.5 Å². The van der Waals surface area contributed by atoms with E-state index in [1.807, 2.05) is 6.92 Å². The molecule has 0 fully saturated rings. The number of anilines is 2. The molecule has 0 aliphatic carbocycles. The minimum atomic E-state index is 0.541. The van der Waals surface area contributed by atoms with E-state index in [4.69, 9.17) is 28.4 Å². The molecule has 2 aromatic rings. The zero-order valence-electron chi connectivity index (χ0n) is 10.0. The van der Waals surface area contributed by atoms with Crippen molar-refractivity contribution in [1.29, 1.82) is 0 Å². The highest BCUT2D eigenvalue weighted by Crippen LogP contribution is 2.31. The number of benzene rings is 1. The third-order valence-corrected chi connectivity index (χ3v) is 4.07. The van der Waals surface area contributed by atoms with Crippen molar-refractivity contribution >= 4 is 51.6 Å². The molecular formula is C12H11Cl2N3OS. The number of rotatable bonds is 4. The van der Waals surface area contributed by atoms with Gasteiger partial charge in [0.15, 0.2) is 5.13 Å². The zero-order chi connectivity index (χ0) is 13.8. The Bertz CT molecular complexity index is 613. The lowest BCUT2D eigenvalue weighted by Gasteiger charge is -2.04. The fourth-order valence-electron chi connectivity index (χ4n) is 1.50. The van der Waals surface area contributed by atoms with Crippen molar-refractivity contribution in [1.82, 2.24) is 4.98 Å². The Morgan fingerprint density at radius 1 is 1.47 bits per heavy atom. The van der Waals surface area contributed by atoms with Gasteiger partial charge in [-0.05, 0) is 25.1 Å². The Balaban J connectivity index is 2.19. The van der Waals surface area contributed by atoms with Gasteiger partial charge in [0.05, 0.1) is 16.4 Å². The summed E-state index contributed by atoms with van der Waals surface area (Å²) in [5.74, 6) is 0. The molecule has 2 rings (SSSR count). The normalized spacial score (nSPS) is 11.1. The molecule has 0 unspecified atom stereocenters. The molecule has 7 heteroatoms. The molecule has 1 aromatic heterocycles. The number of nitrogens with one attached hydrogen (secondary N) is 1. The summed E-state index contributed by atoms with van der Waals surface area (Å²) < 4.78 is 0. The molecular weight excluding hydrogens is 305 g/mol. The second-order valence-electron chi connectivity index (χ2n) is 3.78. The molecule has 0 spiro atoms. The average Bonchev–Trinajstić information content (AvgIpc) is 2.71. The minimum Gasteiger partial charge on any atom is -0.411 e. The highest BCUT2D eigenvalue weighted by atomic mass is 35.5. The number of oxime groups is 1. The standard InChI is InChI=1S/C12H11Cl2N3OS/c1-7-11(4-5-15-18)19-12(16-7)17-10-3-2-8(13)6-9(10)14/h2-3,5-6,18H,4H2,1H3,(H,16,17)/b15-5-. The first-order chi connectivity index (χ1) is 9.10. The van der Waals surface area contributed by atoms with Crippen molar-refractivity contribution in [2.24, 2.45) is 5.16 Å². The molecule has 0 aliphatic rings. The predicted molar refractivity (Wildman–Crippen MR) is 80.6 cm³/mol. The highest BCUT2D eigenvalue weighted by Gasteiger charge is 2.08. The first kappa shape index (κ1) is 14.1. The maximum absolute atomic E-state index is 8.43. The molecule has 0 saturated carbocycles. The van der Waals surface area contributed by atoms with Crippen LogP contribution in [0.1, 0.15) is 10.6 Å². The number of hydrogen-bond acceptors (Lipinski definition) is 5. The van der Waals surface area contributed by atoms with Gasteiger partial charge in [-0.2, -0.15) is 0 Å². The fourth-order valence-corrected chi connectivity index (χ4v) is 2.88. The van der Waals surface area contributed by atoms with Crippen molar-refractivity contribution < 1.29 is 5.21 Å². The molecule has 0 bridgehead atoms. The summed E-state index contributed by atoms with van der Waals surface area (Å²) >= 11 is 13.4. The van der Waals surface area contributed by atoms with E-state index in [-0.39, 0.29) is 0 Å². The lowest BCUT2D eigenvalue weighted by atomic mass is 10.3. The highest BCUT2D eigenvalue weighted by molar-refractivity contribution is 7.15. The second kappa shape index (κ2) is 6.23. The van der Waals surface area contributed by atoms with Gasteiger partial charge in [-0.25, -0.2) is 4.98 Å². The van der Waals surface area contributed by atoms with Crippen LogP contribution < -0.4 is 5.32 Å². The predicted octanol–water partition coefficient (Wildman–Crippen LogP) is 4.50. The molecule has 1 heterocycles. The van der Waals surface area contributed by atoms with E-state index in [2.05, 4.69) is 15.5 Å².